The molecule has 2 unspecified atom stereocenters. The molecular weight excluding hydrogens is 574 g/mol. The van der Waals surface area contributed by atoms with Crippen LogP contribution in [-0.2, 0) is 17.6 Å². The molecule has 1 saturated heterocycles. The van der Waals surface area contributed by atoms with Gasteiger partial charge in [-0.2, -0.15) is 0 Å². The van der Waals surface area contributed by atoms with Crippen molar-refractivity contribution >= 4 is 39.2 Å². The van der Waals surface area contributed by atoms with Crippen molar-refractivity contribution in [2.45, 2.75) is 59.4 Å². The molecule has 10 heteroatoms. The highest BCUT2D eigenvalue weighted by Crippen LogP contribution is 2.44. The Hall–Kier alpha value is -3.92. The molecule has 6 rings (SSSR count). The number of thiophene rings is 1. The van der Waals surface area contributed by atoms with Crippen molar-refractivity contribution in [1.82, 2.24) is 20.2 Å². The summed E-state index contributed by atoms with van der Waals surface area (Å²) in [4.78, 5) is 42.7. The molecule has 0 saturated carbocycles. The summed E-state index contributed by atoms with van der Waals surface area (Å²) in [6.45, 7) is 12.1. The normalized spacial score (nSPS) is 17.8. The van der Waals surface area contributed by atoms with Gasteiger partial charge in [0.05, 0.1) is 30.7 Å². The van der Waals surface area contributed by atoms with E-state index in [0.717, 1.165) is 34.8 Å². The van der Waals surface area contributed by atoms with Gasteiger partial charge in [-0.05, 0) is 72.9 Å². The molecule has 0 spiro atoms. The summed E-state index contributed by atoms with van der Waals surface area (Å²) < 4.78 is 10.9. The molecule has 44 heavy (non-hydrogen) atoms. The molecular formula is C34H41N5O4S. The second kappa shape index (κ2) is 12.6. The van der Waals surface area contributed by atoms with Gasteiger partial charge in [0.25, 0.3) is 5.91 Å². The Morgan fingerprint density at radius 1 is 1.11 bits per heavy atom. The Bertz CT molecular complexity index is 1600. The maximum absolute atomic E-state index is 13.6. The quantitative estimate of drug-likeness (QED) is 0.258. The Morgan fingerprint density at radius 3 is 2.57 bits per heavy atom. The molecule has 0 bridgehead atoms. The molecule has 1 aliphatic carbocycles. The first kappa shape index (κ1) is 30.1. The van der Waals surface area contributed by atoms with Crippen molar-refractivity contribution in [2.75, 3.05) is 37.7 Å². The lowest BCUT2D eigenvalue weighted by atomic mass is 9.72. The summed E-state index contributed by atoms with van der Waals surface area (Å²) in [6, 6.07) is 10.3. The highest BCUT2D eigenvalue weighted by atomic mass is 32.1. The van der Waals surface area contributed by atoms with E-state index in [2.05, 4.69) is 36.0 Å². The third-order valence-corrected chi connectivity index (χ3v) is 10.2. The van der Waals surface area contributed by atoms with Crippen LogP contribution in [-0.4, -0.2) is 59.5 Å². The first-order valence-corrected chi connectivity index (χ1v) is 16.4. The predicted octanol–water partition coefficient (Wildman–Crippen LogP) is 6.04. The lowest BCUT2D eigenvalue weighted by Gasteiger charge is -2.37. The number of hydrogen-bond donors (Lipinski definition) is 1. The van der Waals surface area contributed by atoms with Gasteiger partial charge in [-0.25, -0.2) is 9.97 Å². The number of furan rings is 1. The monoisotopic (exact) mass is 615 g/mol. The summed E-state index contributed by atoms with van der Waals surface area (Å²) in [6.07, 6.45) is 6.64. The summed E-state index contributed by atoms with van der Waals surface area (Å²) in [7, 11) is 0. The van der Waals surface area contributed by atoms with Crippen LogP contribution in [0.4, 0.5) is 5.82 Å². The summed E-state index contributed by atoms with van der Waals surface area (Å²) in [5.41, 5.74) is 2.54. The average molecular weight is 616 g/mol. The molecule has 232 valence electrons. The van der Waals surface area contributed by atoms with Crippen LogP contribution in [0.5, 0.6) is 5.75 Å². The predicted molar refractivity (Wildman–Crippen MR) is 172 cm³/mol. The number of benzene rings is 1. The van der Waals surface area contributed by atoms with Crippen molar-refractivity contribution in [2.24, 2.45) is 11.3 Å². The van der Waals surface area contributed by atoms with Crippen LogP contribution >= 0.6 is 11.3 Å². The second-order valence-electron chi connectivity index (χ2n) is 12.8. The van der Waals surface area contributed by atoms with Crippen molar-refractivity contribution in [3.63, 3.8) is 0 Å². The maximum Gasteiger partial charge on any atom is 0.287 e. The van der Waals surface area contributed by atoms with E-state index in [1.165, 1.54) is 28.5 Å². The van der Waals surface area contributed by atoms with Crippen LogP contribution in [0.15, 0.2) is 53.4 Å². The number of nitrogens with zero attached hydrogens (tertiary/aromatic N) is 4. The van der Waals surface area contributed by atoms with Crippen LogP contribution < -0.4 is 15.0 Å². The number of fused-ring (bicyclic) bond motifs is 3. The lowest BCUT2D eigenvalue weighted by molar-refractivity contribution is -0.132. The number of nitrogens with one attached hydrogen (secondary N) is 1. The number of carbonyl (C=O) groups excluding carboxylic acids is 2. The zero-order valence-corrected chi connectivity index (χ0v) is 26.8. The number of anilines is 1. The zero-order chi connectivity index (χ0) is 30.8. The van der Waals surface area contributed by atoms with E-state index in [0.29, 0.717) is 44.1 Å². The molecule has 4 aromatic rings. The summed E-state index contributed by atoms with van der Waals surface area (Å²) in [5.74, 6) is 2.26. The SMILES string of the molecule is CCOc1ccc(C(CC(=O)N2CCN(c3ncnc4sc5c(c34)CCC(C(C)(C)C)C5)CC2)NC(=O)c2ccco2)cc1. The minimum absolute atomic E-state index is 0.00255. The van der Waals surface area contributed by atoms with E-state index < -0.39 is 6.04 Å². The van der Waals surface area contributed by atoms with E-state index in [4.69, 9.17) is 14.1 Å². The van der Waals surface area contributed by atoms with E-state index in [1.54, 1.807) is 18.5 Å². The van der Waals surface area contributed by atoms with E-state index in [-0.39, 0.29) is 24.0 Å². The smallest absolute Gasteiger partial charge is 0.287 e. The van der Waals surface area contributed by atoms with Crippen LogP contribution in [0.1, 0.15) is 73.1 Å². The van der Waals surface area contributed by atoms with Gasteiger partial charge in [0.2, 0.25) is 5.91 Å². The Balaban J connectivity index is 1.15. The number of carbonyl (C=O) groups is 2. The number of aryl methyl sites for hydroxylation is 1. The van der Waals surface area contributed by atoms with Crippen LogP contribution in [0.25, 0.3) is 10.2 Å². The first-order chi connectivity index (χ1) is 21.2. The molecule has 2 aliphatic rings. The number of ether oxygens (including phenoxy) is 1. The first-order valence-electron chi connectivity index (χ1n) is 15.6. The molecule has 1 aromatic carbocycles. The van der Waals surface area contributed by atoms with Gasteiger partial charge in [-0.1, -0.05) is 32.9 Å². The highest BCUT2D eigenvalue weighted by Gasteiger charge is 2.33. The van der Waals surface area contributed by atoms with E-state index >= 15 is 0 Å². The van der Waals surface area contributed by atoms with Crippen LogP contribution in [0, 0.1) is 11.3 Å². The fourth-order valence-corrected chi connectivity index (χ4v) is 7.66. The van der Waals surface area contributed by atoms with E-state index in [1.807, 2.05) is 47.4 Å². The molecule has 9 nitrogen and oxygen atoms in total. The number of hydrogen-bond acceptors (Lipinski definition) is 8. The Labute approximate surface area is 262 Å². The van der Waals surface area contributed by atoms with Gasteiger partial charge in [0.1, 0.15) is 22.7 Å². The topological polar surface area (TPSA) is 101 Å². The number of aromatic nitrogens is 2. The van der Waals surface area contributed by atoms with Crippen molar-refractivity contribution in [3.05, 3.63) is 70.8 Å². The Kier molecular flexibility index (Phi) is 8.62. The van der Waals surface area contributed by atoms with E-state index in [9.17, 15) is 9.59 Å². The minimum atomic E-state index is -0.510. The number of amides is 2. The van der Waals surface area contributed by atoms with Crippen molar-refractivity contribution in [3.8, 4) is 5.75 Å². The highest BCUT2D eigenvalue weighted by molar-refractivity contribution is 7.19. The lowest BCUT2D eigenvalue weighted by Crippen LogP contribution is -2.49. The fraction of sp³-hybridized carbons (Fsp3) is 0.471. The molecule has 2 atom stereocenters. The van der Waals surface area contributed by atoms with Gasteiger partial charge >= 0.3 is 0 Å². The molecule has 1 aliphatic heterocycles. The standard InChI is InChI=1S/C34H41N5O4S/c1-5-42-24-11-8-22(9-12-24)26(37-32(41)27-7-6-18-43-27)20-29(40)38-14-16-39(17-15-38)31-30-25-13-10-23(34(2,3)4)19-28(25)44-33(30)36-21-35-31/h6-9,11-12,18,21,23,26H,5,10,13-17,19-20H2,1-4H3,(H,37,41). The van der Waals surface area contributed by atoms with Gasteiger partial charge in [-0.15, -0.1) is 11.3 Å². The van der Waals surface area contributed by atoms with Gasteiger partial charge in [-0.3, -0.25) is 9.59 Å². The second-order valence-corrected chi connectivity index (χ2v) is 13.8. The molecule has 0 radical (unpaired) electrons. The average Bonchev–Trinajstić information content (AvgIpc) is 3.69. The fourth-order valence-electron chi connectivity index (χ4n) is 6.40. The molecule has 2 amide bonds. The van der Waals surface area contributed by atoms with Crippen LogP contribution in [0.3, 0.4) is 0 Å². The molecule has 1 N–H and O–H groups in total. The third-order valence-electron chi connectivity index (χ3n) is 9.00. The minimum Gasteiger partial charge on any atom is -0.494 e. The van der Waals surface area contributed by atoms with Gasteiger partial charge in [0, 0.05) is 31.1 Å². The van der Waals surface area contributed by atoms with Gasteiger partial charge < -0.3 is 24.3 Å². The largest absolute Gasteiger partial charge is 0.494 e. The third kappa shape index (κ3) is 6.31. The molecule has 4 heterocycles. The van der Waals surface area contributed by atoms with Crippen molar-refractivity contribution in [1.29, 1.82) is 0 Å². The number of rotatable bonds is 8. The number of piperazine rings is 1. The summed E-state index contributed by atoms with van der Waals surface area (Å²) in [5, 5.41) is 4.21. The Morgan fingerprint density at radius 2 is 1.89 bits per heavy atom. The molecule has 3 aromatic heterocycles. The maximum atomic E-state index is 13.6. The van der Waals surface area contributed by atoms with Gasteiger partial charge in [0.15, 0.2) is 5.76 Å². The molecule has 1 fully saturated rings. The van der Waals surface area contributed by atoms with Crippen LogP contribution in [0.2, 0.25) is 0 Å². The zero-order valence-electron chi connectivity index (χ0n) is 26.0. The van der Waals surface area contributed by atoms with Crippen molar-refractivity contribution < 1.29 is 18.7 Å². The summed E-state index contributed by atoms with van der Waals surface area (Å²) >= 11 is 1.82.